The summed E-state index contributed by atoms with van der Waals surface area (Å²) in [5, 5.41) is 10.1. The second-order valence-electron chi connectivity index (χ2n) is 5.43. The Kier molecular flexibility index (Phi) is 8.53. The average Bonchev–Trinajstić information content (AvgIpc) is 2.51. The van der Waals surface area contributed by atoms with Crippen LogP contribution < -0.4 is 4.74 Å². The maximum absolute atomic E-state index is 12.8. The number of nitrogens with zero attached hydrogens (tertiary/aromatic N) is 2. The van der Waals surface area contributed by atoms with Gasteiger partial charge < -0.3 is 19.5 Å². The predicted octanol–water partition coefficient (Wildman–Crippen LogP) is 0.602. The van der Waals surface area contributed by atoms with Gasteiger partial charge in [0.25, 0.3) is 0 Å². The zero-order chi connectivity index (χ0) is 17.2. The van der Waals surface area contributed by atoms with Gasteiger partial charge in [-0.2, -0.15) is 0 Å². The molecule has 0 aliphatic carbocycles. The lowest BCUT2D eigenvalue weighted by Gasteiger charge is -2.25. The standard InChI is InChI=1S/C16H25FN2O4/c1-18(2)16(21)11-19(8-9-22-3)10-14(20)12-23-15-6-4-13(17)5-7-15/h4-7,14,20H,8-12H2,1-3H3/t14-/m0/s1. The third-order valence-electron chi connectivity index (χ3n) is 3.19. The summed E-state index contributed by atoms with van der Waals surface area (Å²) >= 11 is 0. The van der Waals surface area contributed by atoms with Crippen molar-refractivity contribution in [2.24, 2.45) is 0 Å². The SMILES string of the molecule is COCCN(CC(=O)N(C)C)C[C@H](O)COc1ccc(F)cc1. The number of hydrogen-bond donors (Lipinski definition) is 1. The highest BCUT2D eigenvalue weighted by molar-refractivity contribution is 5.77. The molecular formula is C16H25FN2O4. The number of ether oxygens (including phenoxy) is 2. The first kappa shape index (κ1) is 19.3. The topological polar surface area (TPSA) is 62.2 Å². The van der Waals surface area contributed by atoms with Gasteiger partial charge in [0.2, 0.25) is 5.91 Å². The fourth-order valence-electron chi connectivity index (χ4n) is 1.86. The van der Waals surface area contributed by atoms with Gasteiger partial charge >= 0.3 is 0 Å². The van der Waals surface area contributed by atoms with E-state index in [1.54, 1.807) is 21.2 Å². The Hall–Kier alpha value is -1.70. The minimum atomic E-state index is -0.771. The van der Waals surface area contributed by atoms with Crippen LogP contribution in [0.15, 0.2) is 24.3 Å². The number of carbonyl (C=O) groups is 1. The summed E-state index contributed by atoms with van der Waals surface area (Å²) in [7, 11) is 4.95. The van der Waals surface area contributed by atoms with Crippen molar-refractivity contribution in [3.63, 3.8) is 0 Å². The lowest BCUT2D eigenvalue weighted by atomic mass is 10.3. The molecule has 1 atom stereocenters. The number of likely N-dealkylation sites (N-methyl/N-ethyl adjacent to an activating group) is 1. The summed E-state index contributed by atoms with van der Waals surface area (Å²) < 4.78 is 23.2. The molecule has 0 radical (unpaired) electrons. The number of amides is 1. The first-order valence-corrected chi connectivity index (χ1v) is 7.40. The van der Waals surface area contributed by atoms with E-state index in [-0.39, 0.29) is 31.4 Å². The van der Waals surface area contributed by atoms with Gasteiger partial charge in [-0.05, 0) is 24.3 Å². The fourth-order valence-corrected chi connectivity index (χ4v) is 1.86. The van der Waals surface area contributed by atoms with Crippen LogP contribution in [0.5, 0.6) is 5.75 Å². The van der Waals surface area contributed by atoms with E-state index in [4.69, 9.17) is 9.47 Å². The van der Waals surface area contributed by atoms with Crippen LogP contribution in [0.3, 0.4) is 0 Å². The molecule has 0 aliphatic heterocycles. The van der Waals surface area contributed by atoms with E-state index >= 15 is 0 Å². The molecule has 0 aliphatic rings. The van der Waals surface area contributed by atoms with Crippen LogP contribution in [0.4, 0.5) is 4.39 Å². The molecule has 1 aromatic rings. The smallest absolute Gasteiger partial charge is 0.236 e. The molecule has 0 heterocycles. The van der Waals surface area contributed by atoms with Gasteiger partial charge in [-0.25, -0.2) is 4.39 Å². The van der Waals surface area contributed by atoms with E-state index < -0.39 is 6.10 Å². The molecule has 0 saturated carbocycles. The van der Waals surface area contributed by atoms with Crippen molar-refractivity contribution in [2.75, 3.05) is 54.1 Å². The van der Waals surface area contributed by atoms with Gasteiger partial charge in [0, 0.05) is 34.3 Å². The highest BCUT2D eigenvalue weighted by Crippen LogP contribution is 2.11. The maximum Gasteiger partial charge on any atom is 0.236 e. The zero-order valence-corrected chi connectivity index (χ0v) is 13.9. The van der Waals surface area contributed by atoms with E-state index in [1.807, 2.05) is 4.90 Å². The fraction of sp³-hybridized carbons (Fsp3) is 0.562. The second-order valence-corrected chi connectivity index (χ2v) is 5.43. The van der Waals surface area contributed by atoms with Crippen LogP contribution in [0.25, 0.3) is 0 Å². The molecule has 1 rings (SSSR count). The van der Waals surface area contributed by atoms with E-state index in [0.29, 0.717) is 18.9 Å². The predicted molar refractivity (Wildman–Crippen MR) is 84.9 cm³/mol. The first-order valence-electron chi connectivity index (χ1n) is 7.40. The summed E-state index contributed by atoms with van der Waals surface area (Å²) in [4.78, 5) is 15.1. The first-order chi connectivity index (χ1) is 10.9. The molecule has 1 N–H and O–H groups in total. The van der Waals surface area contributed by atoms with Crippen LogP contribution in [0.2, 0.25) is 0 Å². The summed E-state index contributed by atoms with van der Waals surface area (Å²) in [5.74, 6) is 0.0943. The van der Waals surface area contributed by atoms with Crippen molar-refractivity contribution in [1.29, 1.82) is 0 Å². The van der Waals surface area contributed by atoms with Crippen LogP contribution in [0, 0.1) is 5.82 Å². The highest BCUT2D eigenvalue weighted by Gasteiger charge is 2.16. The number of benzene rings is 1. The Morgan fingerprint density at radius 1 is 1.30 bits per heavy atom. The van der Waals surface area contributed by atoms with Crippen LogP contribution in [0.1, 0.15) is 0 Å². The Morgan fingerprint density at radius 3 is 2.52 bits per heavy atom. The lowest BCUT2D eigenvalue weighted by Crippen LogP contribution is -2.43. The van der Waals surface area contributed by atoms with E-state index in [9.17, 15) is 14.3 Å². The van der Waals surface area contributed by atoms with Crippen LogP contribution in [-0.2, 0) is 9.53 Å². The number of rotatable bonds is 10. The number of hydrogen-bond acceptors (Lipinski definition) is 5. The maximum atomic E-state index is 12.8. The van der Waals surface area contributed by atoms with Gasteiger partial charge in [0.1, 0.15) is 24.3 Å². The molecule has 130 valence electrons. The summed E-state index contributed by atoms with van der Waals surface area (Å²) in [6, 6.07) is 5.59. The zero-order valence-electron chi connectivity index (χ0n) is 13.9. The lowest BCUT2D eigenvalue weighted by molar-refractivity contribution is -0.130. The summed E-state index contributed by atoms with van der Waals surface area (Å²) in [6.45, 7) is 1.54. The molecule has 0 aromatic heterocycles. The molecule has 6 nitrogen and oxygen atoms in total. The Morgan fingerprint density at radius 2 is 1.96 bits per heavy atom. The van der Waals surface area contributed by atoms with Gasteiger partial charge in [0.05, 0.1) is 13.2 Å². The average molecular weight is 328 g/mol. The molecule has 0 bridgehead atoms. The molecule has 0 fully saturated rings. The molecule has 23 heavy (non-hydrogen) atoms. The second kappa shape index (κ2) is 10.1. The molecule has 7 heteroatoms. The van der Waals surface area contributed by atoms with Gasteiger partial charge in [-0.1, -0.05) is 0 Å². The van der Waals surface area contributed by atoms with Crippen LogP contribution in [-0.4, -0.2) is 81.0 Å². The summed E-state index contributed by atoms with van der Waals surface area (Å²) in [5.41, 5.74) is 0. The van der Waals surface area contributed by atoms with Gasteiger partial charge in [-0.3, -0.25) is 9.69 Å². The summed E-state index contributed by atoms with van der Waals surface area (Å²) in [6.07, 6.45) is -0.771. The monoisotopic (exact) mass is 328 g/mol. The number of aliphatic hydroxyl groups is 1. The number of aliphatic hydroxyl groups excluding tert-OH is 1. The third kappa shape index (κ3) is 7.92. The van der Waals surface area contributed by atoms with Crippen molar-refractivity contribution in [3.8, 4) is 5.75 Å². The van der Waals surface area contributed by atoms with E-state index in [1.165, 1.54) is 29.2 Å². The number of halogens is 1. The van der Waals surface area contributed by atoms with Crippen molar-refractivity contribution >= 4 is 5.91 Å². The highest BCUT2D eigenvalue weighted by atomic mass is 19.1. The van der Waals surface area contributed by atoms with Crippen molar-refractivity contribution in [2.45, 2.75) is 6.10 Å². The Labute approximate surface area is 136 Å². The Balaban J connectivity index is 2.46. The normalized spacial score (nSPS) is 12.3. The van der Waals surface area contributed by atoms with Crippen molar-refractivity contribution in [3.05, 3.63) is 30.1 Å². The molecule has 0 saturated heterocycles. The molecule has 1 amide bonds. The largest absolute Gasteiger partial charge is 0.491 e. The van der Waals surface area contributed by atoms with E-state index in [0.717, 1.165) is 0 Å². The molecule has 0 spiro atoms. The minimum absolute atomic E-state index is 0.0484. The van der Waals surface area contributed by atoms with Gasteiger partial charge in [0.15, 0.2) is 0 Å². The van der Waals surface area contributed by atoms with Crippen molar-refractivity contribution in [1.82, 2.24) is 9.80 Å². The minimum Gasteiger partial charge on any atom is -0.491 e. The van der Waals surface area contributed by atoms with Crippen molar-refractivity contribution < 1.29 is 23.8 Å². The number of methoxy groups -OCH3 is 1. The van der Waals surface area contributed by atoms with E-state index in [2.05, 4.69) is 0 Å². The molecular weight excluding hydrogens is 303 g/mol. The van der Waals surface area contributed by atoms with Gasteiger partial charge in [-0.15, -0.1) is 0 Å². The third-order valence-corrected chi connectivity index (χ3v) is 3.19. The molecule has 0 unspecified atom stereocenters. The number of carbonyl (C=O) groups excluding carboxylic acids is 1. The molecule has 1 aromatic carbocycles. The Bertz CT molecular complexity index is 468. The van der Waals surface area contributed by atoms with Crippen LogP contribution >= 0.6 is 0 Å². The quantitative estimate of drug-likeness (QED) is 0.682.